The molecule has 0 bridgehead atoms. The zero-order chi connectivity index (χ0) is 13.5. The molecule has 0 saturated heterocycles. The van der Waals surface area contributed by atoms with E-state index in [0.29, 0.717) is 25.3 Å². The summed E-state index contributed by atoms with van der Waals surface area (Å²) in [6.45, 7) is 3.27. The first-order valence-corrected chi connectivity index (χ1v) is 5.96. The van der Waals surface area contributed by atoms with Gasteiger partial charge in [0.1, 0.15) is 5.75 Å². The lowest BCUT2D eigenvalue weighted by molar-refractivity contribution is 0.195. The van der Waals surface area contributed by atoms with Crippen LogP contribution in [0.3, 0.4) is 0 Å². The molecule has 1 atom stereocenters. The summed E-state index contributed by atoms with van der Waals surface area (Å²) in [6, 6.07) is 5.09. The SMILES string of the molecule is COCCN(CCO)c1ccc(C(C)O)c(O)c1. The lowest BCUT2D eigenvalue weighted by Gasteiger charge is -2.24. The van der Waals surface area contributed by atoms with E-state index in [4.69, 9.17) is 9.84 Å². The number of rotatable bonds is 7. The minimum Gasteiger partial charge on any atom is -0.507 e. The molecular weight excluding hydrogens is 234 g/mol. The molecule has 0 heterocycles. The second kappa shape index (κ2) is 7.20. The Labute approximate surface area is 107 Å². The summed E-state index contributed by atoms with van der Waals surface area (Å²) in [6.07, 6.45) is -0.704. The number of methoxy groups -OCH3 is 1. The predicted octanol–water partition coefficient (Wildman–Crippen LogP) is 0.891. The molecule has 0 aliphatic carbocycles. The number of hydrogen-bond donors (Lipinski definition) is 3. The molecule has 0 aromatic heterocycles. The maximum absolute atomic E-state index is 9.82. The van der Waals surface area contributed by atoms with Crippen molar-refractivity contribution >= 4 is 5.69 Å². The highest BCUT2D eigenvalue weighted by Gasteiger charge is 2.11. The van der Waals surface area contributed by atoms with Crippen molar-refractivity contribution in [1.82, 2.24) is 0 Å². The van der Waals surface area contributed by atoms with Gasteiger partial charge in [-0.1, -0.05) is 6.07 Å². The van der Waals surface area contributed by atoms with Crippen LogP contribution in [0.25, 0.3) is 0 Å². The molecule has 0 spiro atoms. The zero-order valence-electron chi connectivity index (χ0n) is 10.8. The fourth-order valence-electron chi connectivity index (χ4n) is 1.77. The first-order chi connectivity index (χ1) is 8.60. The van der Waals surface area contributed by atoms with Crippen LogP contribution >= 0.6 is 0 Å². The van der Waals surface area contributed by atoms with Crippen molar-refractivity contribution in [2.24, 2.45) is 0 Å². The molecule has 0 saturated carbocycles. The van der Waals surface area contributed by atoms with Crippen LogP contribution in [0.1, 0.15) is 18.6 Å². The first kappa shape index (κ1) is 14.8. The summed E-state index contributed by atoms with van der Waals surface area (Å²) in [5, 5.41) is 28.3. The summed E-state index contributed by atoms with van der Waals surface area (Å²) in [5.41, 5.74) is 1.29. The smallest absolute Gasteiger partial charge is 0.123 e. The largest absolute Gasteiger partial charge is 0.507 e. The van der Waals surface area contributed by atoms with Crippen LogP contribution in [0.2, 0.25) is 0 Å². The van der Waals surface area contributed by atoms with E-state index in [1.807, 2.05) is 11.0 Å². The third kappa shape index (κ3) is 3.87. The number of aliphatic hydroxyl groups is 2. The molecule has 1 aromatic carbocycles. The van der Waals surface area contributed by atoms with Crippen molar-refractivity contribution in [3.63, 3.8) is 0 Å². The number of aliphatic hydroxyl groups excluding tert-OH is 2. The Balaban J connectivity index is 2.88. The summed E-state index contributed by atoms with van der Waals surface area (Å²) in [4.78, 5) is 1.91. The summed E-state index contributed by atoms with van der Waals surface area (Å²) >= 11 is 0. The van der Waals surface area contributed by atoms with Crippen molar-refractivity contribution < 1.29 is 20.1 Å². The Kier molecular flexibility index (Phi) is 5.91. The second-order valence-corrected chi connectivity index (χ2v) is 4.12. The third-order valence-electron chi connectivity index (χ3n) is 2.76. The van der Waals surface area contributed by atoms with Gasteiger partial charge in [-0.2, -0.15) is 0 Å². The van der Waals surface area contributed by atoms with Crippen molar-refractivity contribution in [3.8, 4) is 5.75 Å². The van der Waals surface area contributed by atoms with Gasteiger partial charge in [-0.25, -0.2) is 0 Å². The highest BCUT2D eigenvalue weighted by atomic mass is 16.5. The molecule has 0 aliphatic heterocycles. The number of hydrogen-bond acceptors (Lipinski definition) is 5. The van der Waals surface area contributed by atoms with Gasteiger partial charge < -0.3 is 25.0 Å². The summed E-state index contributed by atoms with van der Waals surface area (Å²) in [5.74, 6) is 0.0582. The van der Waals surface area contributed by atoms with Gasteiger partial charge in [0.15, 0.2) is 0 Å². The molecule has 1 rings (SSSR count). The molecule has 1 unspecified atom stereocenters. The summed E-state index contributed by atoms with van der Waals surface area (Å²) < 4.78 is 5.01. The van der Waals surface area contributed by atoms with Gasteiger partial charge in [0.2, 0.25) is 0 Å². The number of phenols is 1. The van der Waals surface area contributed by atoms with Gasteiger partial charge in [-0.15, -0.1) is 0 Å². The molecule has 0 aliphatic rings. The number of anilines is 1. The average Bonchev–Trinajstić information content (AvgIpc) is 2.33. The van der Waals surface area contributed by atoms with Crippen molar-refractivity contribution in [2.75, 3.05) is 38.3 Å². The Hall–Kier alpha value is -1.30. The van der Waals surface area contributed by atoms with Crippen LogP contribution in [-0.4, -0.2) is 48.7 Å². The molecule has 3 N–H and O–H groups in total. The molecule has 1 aromatic rings. The van der Waals surface area contributed by atoms with E-state index in [2.05, 4.69) is 0 Å². The van der Waals surface area contributed by atoms with E-state index >= 15 is 0 Å². The van der Waals surface area contributed by atoms with E-state index in [1.165, 1.54) is 0 Å². The van der Waals surface area contributed by atoms with Gasteiger partial charge in [0.05, 0.1) is 19.3 Å². The van der Waals surface area contributed by atoms with Gasteiger partial charge in [-0.3, -0.25) is 0 Å². The van der Waals surface area contributed by atoms with Crippen molar-refractivity contribution in [2.45, 2.75) is 13.0 Å². The molecule has 0 radical (unpaired) electrons. The minimum absolute atomic E-state index is 0.0304. The van der Waals surface area contributed by atoms with E-state index in [0.717, 1.165) is 5.69 Å². The fraction of sp³-hybridized carbons (Fsp3) is 0.538. The third-order valence-corrected chi connectivity index (χ3v) is 2.76. The molecule has 5 heteroatoms. The topological polar surface area (TPSA) is 73.2 Å². The van der Waals surface area contributed by atoms with E-state index in [9.17, 15) is 10.2 Å². The van der Waals surface area contributed by atoms with E-state index in [-0.39, 0.29) is 12.4 Å². The van der Waals surface area contributed by atoms with Crippen LogP contribution in [-0.2, 0) is 4.74 Å². The minimum atomic E-state index is -0.704. The number of phenolic OH excluding ortho intramolecular Hbond substituents is 1. The lowest BCUT2D eigenvalue weighted by Crippen LogP contribution is -2.30. The van der Waals surface area contributed by atoms with E-state index in [1.54, 1.807) is 26.2 Å². The van der Waals surface area contributed by atoms with Crippen LogP contribution in [0.5, 0.6) is 5.75 Å². The average molecular weight is 255 g/mol. The van der Waals surface area contributed by atoms with Crippen molar-refractivity contribution in [3.05, 3.63) is 23.8 Å². The second-order valence-electron chi connectivity index (χ2n) is 4.12. The highest BCUT2D eigenvalue weighted by Crippen LogP contribution is 2.28. The van der Waals surface area contributed by atoms with Crippen LogP contribution < -0.4 is 4.90 Å². The number of nitrogens with zero attached hydrogens (tertiary/aromatic N) is 1. The zero-order valence-corrected chi connectivity index (χ0v) is 10.8. The Morgan fingerprint density at radius 3 is 2.56 bits per heavy atom. The van der Waals surface area contributed by atoms with Gasteiger partial charge in [-0.05, 0) is 13.0 Å². The highest BCUT2D eigenvalue weighted by molar-refractivity contribution is 5.53. The molecular formula is C13H21NO4. The molecule has 5 nitrogen and oxygen atoms in total. The van der Waals surface area contributed by atoms with Gasteiger partial charge >= 0.3 is 0 Å². The standard InChI is InChI=1S/C13H21NO4/c1-10(16)12-4-3-11(9-13(12)17)14(5-7-15)6-8-18-2/h3-4,9-10,15-17H,5-8H2,1-2H3. The normalized spacial score (nSPS) is 12.4. The lowest BCUT2D eigenvalue weighted by atomic mass is 10.1. The number of ether oxygens (including phenoxy) is 1. The van der Waals surface area contributed by atoms with Gasteiger partial charge in [0, 0.05) is 37.5 Å². The molecule has 102 valence electrons. The maximum Gasteiger partial charge on any atom is 0.123 e. The quantitative estimate of drug-likeness (QED) is 0.675. The number of benzene rings is 1. The fourth-order valence-corrected chi connectivity index (χ4v) is 1.77. The van der Waals surface area contributed by atoms with Crippen LogP contribution in [0.15, 0.2) is 18.2 Å². The molecule has 18 heavy (non-hydrogen) atoms. The van der Waals surface area contributed by atoms with Crippen LogP contribution in [0.4, 0.5) is 5.69 Å². The monoisotopic (exact) mass is 255 g/mol. The van der Waals surface area contributed by atoms with Crippen LogP contribution in [0, 0.1) is 0 Å². The van der Waals surface area contributed by atoms with Gasteiger partial charge in [0.25, 0.3) is 0 Å². The molecule has 0 amide bonds. The molecule has 0 fully saturated rings. The Morgan fingerprint density at radius 2 is 2.06 bits per heavy atom. The Morgan fingerprint density at radius 1 is 1.33 bits per heavy atom. The van der Waals surface area contributed by atoms with E-state index < -0.39 is 6.10 Å². The maximum atomic E-state index is 9.82. The Bertz CT molecular complexity index is 368. The first-order valence-electron chi connectivity index (χ1n) is 5.96. The number of aromatic hydroxyl groups is 1. The van der Waals surface area contributed by atoms with Crippen molar-refractivity contribution in [1.29, 1.82) is 0 Å². The summed E-state index contributed by atoms with van der Waals surface area (Å²) in [7, 11) is 1.62. The predicted molar refractivity (Wildman–Crippen MR) is 69.9 cm³/mol.